The molecule has 1 aliphatic heterocycles. The molecule has 1 aromatic carbocycles. The second-order valence-electron chi connectivity index (χ2n) is 5.36. The Morgan fingerprint density at radius 3 is 2.30 bits per heavy atom. The first-order valence-electron chi connectivity index (χ1n) is 6.45. The molecule has 1 heterocycles. The van der Waals surface area contributed by atoms with Crippen molar-refractivity contribution in [3.05, 3.63) is 27.7 Å². The van der Waals surface area contributed by atoms with Gasteiger partial charge in [-0.1, -0.05) is 37.0 Å². The Morgan fingerprint density at radius 1 is 1.25 bits per heavy atom. The van der Waals surface area contributed by atoms with Crippen LogP contribution in [0.1, 0.15) is 19.4 Å². The number of hydrogen-bond donors (Lipinski definition) is 1. The number of rotatable bonds is 3. The summed E-state index contributed by atoms with van der Waals surface area (Å²) in [5, 5.41) is 0.498. The number of sulfonamides is 1. The van der Waals surface area contributed by atoms with Crippen LogP contribution in [0, 0.1) is 11.8 Å². The molecule has 112 valence electrons. The van der Waals surface area contributed by atoms with Gasteiger partial charge >= 0.3 is 0 Å². The van der Waals surface area contributed by atoms with Gasteiger partial charge in [-0.05, 0) is 29.5 Å². The van der Waals surface area contributed by atoms with E-state index >= 15 is 0 Å². The minimum absolute atomic E-state index is 0.0495. The summed E-state index contributed by atoms with van der Waals surface area (Å²) in [7, 11) is -3.63. The Bertz CT molecular complexity index is 609. The summed E-state index contributed by atoms with van der Waals surface area (Å²) >= 11 is 12.1. The molecule has 0 bridgehead atoms. The number of nitrogens with zero attached hydrogens (tertiary/aromatic N) is 1. The molecule has 0 aromatic heterocycles. The van der Waals surface area contributed by atoms with Crippen LogP contribution in [0.2, 0.25) is 10.0 Å². The minimum atomic E-state index is -3.63. The van der Waals surface area contributed by atoms with Crippen molar-refractivity contribution < 1.29 is 8.42 Å². The fourth-order valence-corrected chi connectivity index (χ4v) is 4.93. The van der Waals surface area contributed by atoms with Crippen LogP contribution >= 0.6 is 23.2 Å². The highest BCUT2D eigenvalue weighted by atomic mass is 35.5. The second kappa shape index (κ2) is 5.81. The summed E-state index contributed by atoms with van der Waals surface area (Å²) in [5.41, 5.74) is 6.12. The molecule has 0 spiro atoms. The first-order valence-corrected chi connectivity index (χ1v) is 8.65. The maximum Gasteiger partial charge on any atom is 0.244 e. The van der Waals surface area contributed by atoms with Gasteiger partial charge in [0, 0.05) is 24.7 Å². The van der Waals surface area contributed by atoms with E-state index in [0.717, 1.165) is 0 Å². The summed E-state index contributed by atoms with van der Waals surface area (Å²) < 4.78 is 26.9. The number of benzene rings is 1. The van der Waals surface area contributed by atoms with Gasteiger partial charge in [0.05, 0.1) is 5.02 Å². The lowest BCUT2D eigenvalue weighted by molar-refractivity contribution is 0.463. The molecule has 0 saturated carbocycles. The first-order chi connectivity index (χ1) is 9.27. The first kappa shape index (κ1) is 16.0. The maximum absolute atomic E-state index is 12.7. The third-order valence-electron chi connectivity index (χ3n) is 3.87. The third kappa shape index (κ3) is 2.83. The van der Waals surface area contributed by atoms with E-state index in [4.69, 9.17) is 28.9 Å². The smallest absolute Gasteiger partial charge is 0.244 e. The van der Waals surface area contributed by atoms with Crippen LogP contribution < -0.4 is 5.73 Å². The van der Waals surface area contributed by atoms with Gasteiger partial charge in [0.15, 0.2) is 0 Å². The van der Waals surface area contributed by atoms with Gasteiger partial charge in [-0.3, -0.25) is 0 Å². The summed E-state index contributed by atoms with van der Waals surface area (Å²) in [4.78, 5) is 0.0495. The molecule has 4 nitrogen and oxygen atoms in total. The van der Waals surface area contributed by atoms with E-state index in [1.54, 1.807) is 6.07 Å². The highest BCUT2D eigenvalue weighted by Crippen LogP contribution is 2.34. The SMILES string of the molecule is CC1CN(S(=O)(=O)c2cc(Cl)cc(CN)c2Cl)CC1C. The van der Waals surface area contributed by atoms with Crippen molar-refractivity contribution in [2.45, 2.75) is 25.3 Å². The monoisotopic (exact) mass is 336 g/mol. The molecule has 1 saturated heterocycles. The zero-order valence-corrected chi connectivity index (χ0v) is 13.8. The predicted molar refractivity (Wildman–Crippen MR) is 81.4 cm³/mol. The molecule has 1 fully saturated rings. The van der Waals surface area contributed by atoms with Gasteiger partial charge in [-0.15, -0.1) is 0 Å². The summed E-state index contributed by atoms with van der Waals surface area (Å²) in [5.74, 6) is 0.661. The number of nitrogens with two attached hydrogens (primary N) is 1. The lowest BCUT2D eigenvalue weighted by atomic mass is 10.0. The van der Waals surface area contributed by atoms with Crippen LogP contribution in [0.3, 0.4) is 0 Å². The molecular weight excluding hydrogens is 319 g/mol. The van der Waals surface area contributed by atoms with Crippen LogP contribution in [-0.2, 0) is 16.6 Å². The quantitative estimate of drug-likeness (QED) is 0.922. The van der Waals surface area contributed by atoms with E-state index in [9.17, 15) is 8.42 Å². The Morgan fingerprint density at radius 2 is 1.80 bits per heavy atom. The Balaban J connectivity index is 2.48. The van der Waals surface area contributed by atoms with Crippen molar-refractivity contribution in [3.63, 3.8) is 0 Å². The molecule has 20 heavy (non-hydrogen) atoms. The largest absolute Gasteiger partial charge is 0.326 e. The molecule has 0 aliphatic carbocycles. The summed E-state index contributed by atoms with van der Waals surface area (Å²) in [6.45, 7) is 5.25. The van der Waals surface area contributed by atoms with Gasteiger partial charge in [0.2, 0.25) is 10.0 Å². The van der Waals surface area contributed by atoms with E-state index in [-0.39, 0.29) is 16.5 Å². The fourth-order valence-electron chi connectivity index (χ4n) is 2.37. The molecular formula is C13H18Cl2N2O2S. The molecule has 7 heteroatoms. The number of halogens is 2. The maximum atomic E-state index is 12.7. The normalized spacial score (nSPS) is 24.2. The Kier molecular flexibility index (Phi) is 4.66. The van der Waals surface area contributed by atoms with E-state index < -0.39 is 10.0 Å². The Hall–Kier alpha value is -0.330. The minimum Gasteiger partial charge on any atom is -0.326 e. The van der Waals surface area contributed by atoms with Crippen LogP contribution in [0.15, 0.2) is 17.0 Å². The summed E-state index contributed by atoms with van der Waals surface area (Å²) in [6.07, 6.45) is 0. The van der Waals surface area contributed by atoms with E-state index in [2.05, 4.69) is 0 Å². The van der Waals surface area contributed by atoms with Crippen molar-refractivity contribution in [2.75, 3.05) is 13.1 Å². The van der Waals surface area contributed by atoms with E-state index in [1.807, 2.05) is 13.8 Å². The molecule has 1 aromatic rings. The average molecular weight is 337 g/mol. The van der Waals surface area contributed by atoms with E-state index in [1.165, 1.54) is 10.4 Å². The zero-order chi connectivity index (χ0) is 15.1. The molecule has 2 N–H and O–H groups in total. The Labute approximate surface area is 129 Å². The summed E-state index contributed by atoms with van der Waals surface area (Å²) in [6, 6.07) is 2.99. The highest BCUT2D eigenvalue weighted by molar-refractivity contribution is 7.89. The van der Waals surface area contributed by atoms with Crippen molar-refractivity contribution in [1.82, 2.24) is 4.31 Å². The number of hydrogen-bond acceptors (Lipinski definition) is 3. The lowest BCUT2D eigenvalue weighted by Crippen LogP contribution is -2.29. The molecule has 2 rings (SSSR count). The van der Waals surface area contributed by atoms with Crippen LogP contribution in [0.25, 0.3) is 0 Å². The van der Waals surface area contributed by atoms with Gasteiger partial charge in [0.1, 0.15) is 4.90 Å². The van der Waals surface area contributed by atoms with Crippen LogP contribution in [0.4, 0.5) is 0 Å². The molecule has 1 aliphatic rings. The van der Waals surface area contributed by atoms with Crippen molar-refractivity contribution in [2.24, 2.45) is 17.6 Å². The lowest BCUT2D eigenvalue weighted by Gasteiger charge is -2.18. The fraction of sp³-hybridized carbons (Fsp3) is 0.538. The van der Waals surface area contributed by atoms with Crippen LogP contribution in [-0.4, -0.2) is 25.8 Å². The molecule has 2 unspecified atom stereocenters. The molecule has 0 radical (unpaired) electrons. The molecule has 2 atom stereocenters. The van der Waals surface area contributed by atoms with Crippen molar-refractivity contribution >= 4 is 33.2 Å². The second-order valence-corrected chi connectivity index (χ2v) is 8.08. The van der Waals surface area contributed by atoms with E-state index in [0.29, 0.717) is 35.5 Å². The zero-order valence-electron chi connectivity index (χ0n) is 11.4. The van der Waals surface area contributed by atoms with Gasteiger partial charge in [-0.2, -0.15) is 4.31 Å². The van der Waals surface area contributed by atoms with Crippen molar-refractivity contribution in [3.8, 4) is 0 Å². The topological polar surface area (TPSA) is 63.4 Å². The van der Waals surface area contributed by atoms with Crippen molar-refractivity contribution in [1.29, 1.82) is 0 Å². The third-order valence-corrected chi connectivity index (χ3v) is 6.50. The predicted octanol–water partition coefficient (Wildman–Crippen LogP) is 2.73. The van der Waals surface area contributed by atoms with Crippen LogP contribution in [0.5, 0.6) is 0 Å². The standard InChI is InChI=1S/C13H18Cl2N2O2S/c1-8-6-17(7-9(8)2)20(18,19)12-4-11(14)3-10(5-16)13(12)15/h3-4,8-9H,5-7,16H2,1-2H3. The van der Waals surface area contributed by atoms with Gasteiger partial charge in [0.25, 0.3) is 0 Å². The average Bonchev–Trinajstić information content (AvgIpc) is 2.72. The highest BCUT2D eigenvalue weighted by Gasteiger charge is 2.36. The van der Waals surface area contributed by atoms with Gasteiger partial charge < -0.3 is 5.73 Å². The molecule has 0 amide bonds. The van der Waals surface area contributed by atoms with Gasteiger partial charge in [-0.25, -0.2) is 8.42 Å².